The quantitative estimate of drug-likeness (QED) is 0.740. The first-order valence-corrected chi connectivity index (χ1v) is 8.90. The van der Waals surface area contributed by atoms with Gasteiger partial charge in [-0.25, -0.2) is 4.98 Å². The second-order valence-corrected chi connectivity index (χ2v) is 6.47. The number of nitrogens with zero attached hydrogens (tertiary/aromatic N) is 1. The molecule has 1 amide bonds. The second kappa shape index (κ2) is 7.44. The molecule has 1 aliphatic heterocycles. The fourth-order valence-corrected chi connectivity index (χ4v) is 3.19. The molecular weight excluding hydrogens is 326 g/mol. The molecule has 0 aliphatic carbocycles. The minimum absolute atomic E-state index is 0.0916. The van der Waals surface area contributed by atoms with E-state index in [-0.39, 0.29) is 11.9 Å². The largest absolute Gasteiger partial charge is 0.501 e. The van der Waals surface area contributed by atoms with Crippen molar-refractivity contribution < 1.29 is 9.53 Å². The molecule has 5 nitrogen and oxygen atoms in total. The number of hydrogen-bond donors (Lipinski definition) is 2. The van der Waals surface area contributed by atoms with Crippen LogP contribution >= 0.6 is 0 Å². The molecule has 1 aliphatic rings. The Hall–Kier alpha value is -3.08. The summed E-state index contributed by atoms with van der Waals surface area (Å²) in [5, 5.41) is 3.13. The van der Waals surface area contributed by atoms with Gasteiger partial charge in [-0.2, -0.15) is 0 Å². The normalized spacial score (nSPS) is 15.2. The number of aromatic amines is 1. The van der Waals surface area contributed by atoms with E-state index in [0.717, 1.165) is 35.3 Å². The highest BCUT2D eigenvalue weighted by atomic mass is 16.5. The van der Waals surface area contributed by atoms with Crippen LogP contribution in [-0.4, -0.2) is 22.5 Å². The van der Waals surface area contributed by atoms with Crippen molar-refractivity contribution in [3.05, 3.63) is 77.8 Å². The number of fused-ring (bicyclic) bond motifs is 1. The first-order chi connectivity index (χ1) is 12.8. The summed E-state index contributed by atoms with van der Waals surface area (Å²) in [7, 11) is 0. The molecule has 5 heteroatoms. The maximum atomic E-state index is 12.7. The Labute approximate surface area is 152 Å². The minimum atomic E-state index is -0.236. The third kappa shape index (κ3) is 3.61. The second-order valence-electron chi connectivity index (χ2n) is 6.47. The number of benzene rings is 2. The topological polar surface area (TPSA) is 67.0 Å². The van der Waals surface area contributed by atoms with Crippen molar-refractivity contribution in [2.24, 2.45) is 0 Å². The van der Waals surface area contributed by atoms with Crippen molar-refractivity contribution in [3.63, 3.8) is 0 Å². The van der Waals surface area contributed by atoms with Crippen molar-refractivity contribution in [1.82, 2.24) is 15.3 Å². The summed E-state index contributed by atoms with van der Waals surface area (Å²) in [5.74, 6) is 0.673. The molecule has 4 rings (SSSR count). The highest BCUT2D eigenvalue weighted by molar-refractivity contribution is 5.93. The van der Waals surface area contributed by atoms with Gasteiger partial charge in [0.2, 0.25) is 0 Å². The van der Waals surface area contributed by atoms with Crippen molar-refractivity contribution in [1.29, 1.82) is 0 Å². The van der Waals surface area contributed by atoms with Crippen LogP contribution in [0.4, 0.5) is 0 Å². The van der Waals surface area contributed by atoms with Crippen molar-refractivity contribution in [2.75, 3.05) is 6.61 Å². The highest BCUT2D eigenvalue weighted by Gasteiger charge is 2.22. The van der Waals surface area contributed by atoms with E-state index in [1.807, 2.05) is 42.5 Å². The molecule has 0 saturated heterocycles. The molecule has 1 aromatic heterocycles. The summed E-state index contributed by atoms with van der Waals surface area (Å²) < 4.78 is 5.31. The first-order valence-electron chi connectivity index (χ1n) is 8.90. The van der Waals surface area contributed by atoms with E-state index >= 15 is 0 Å². The van der Waals surface area contributed by atoms with Gasteiger partial charge < -0.3 is 15.0 Å². The molecule has 3 aromatic rings. The predicted octanol–water partition coefficient (Wildman–Crippen LogP) is 3.66. The number of hydrogen-bond acceptors (Lipinski definition) is 3. The number of amides is 1. The van der Waals surface area contributed by atoms with Gasteiger partial charge in [-0.05, 0) is 37.0 Å². The molecule has 2 heterocycles. The third-order valence-corrected chi connectivity index (χ3v) is 4.55. The van der Waals surface area contributed by atoms with Gasteiger partial charge in [0.1, 0.15) is 5.82 Å². The number of imidazole rings is 1. The summed E-state index contributed by atoms with van der Waals surface area (Å²) in [6.45, 7) is 0.674. The zero-order valence-electron chi connectivity index (χ0n) is 14.4. The number of rotatable bonds is 5. The van der Waals surface area contributed by atoms with Gasteiger partial charge in [0, 0.05) is 0 Å². The number of carbonyl (C=O) groups excluding carboxylic acids is 1. The molecule has 2 N–H and O–H groups in total. The Morgan fingerprint density at radius 2 is 1.96 bits per heavy atom. The number of carbonyl (C=O) groups is 1. The van der Waals surface area contributed by atoms with Gasteiger partial charge in [0.25, 0.3) is 5.91 Å². The summed E-state index contributed by atoms with van der Waals surface area (Å²) in [5.41, 5.74) is 3.70. The maximum Gasteiger partial charge on any atom is 0.250 e. The Morgan fingerprint density at radius 3 is 2.73 bits per heavy atom. The molecule has 0 saturated carbocycles. The van der Waals surface area contributed by atoms with Crippen molar-refractivity contribution >= 4 is 16.9 Å². The standard InChI is InChI=1S/C21H21N3O2/c25-21(16-9-6-12-26-14-16)24-19(13-15-7-2-1-3-8-15)20-22-17-10-4-5-11-18(17)23-20/h1-5,7-8,10-11,14,19H,6,9,12-13H2,(H,22,23)(H,24,25)/t19-/m1/s1. The van der Waals surface area contributed by atoms with E-state index in [1.54, 1.807) is 6.26 Å². The Balaban J connectivity index is 1.62. The monoisotopic (exact) mass is 347 g/mol. The number of H-pyrrole nitrogens is 1. The van der Waals surface area contributed by atoms with Crippen LogP contribution < -0.4 is 5.32 Å². The van der Waals surface area contributed by atoms with Crippen LogP contribution in [0.5, 0.6) is 0 Å². The molecule has 1 atom stereocenters. The molecule has 0 radical (unpaired) electrons. The average Bonchev–Trinajstić information content (AvgIpc) is 3.13. The Kier molecular flexibility index (Phi) is 4.69. The lowest BCUT2D eigenvalue weighted by Crippen LogP contribution is -2.32. The predicted molar refractivity (Wildman–Crippen MR) is 100 cm³/mol. The maximum absolute atomic E-state index is 12.7. The van der Waals surface area contributed by atoms with E-state index in [0.29, 0.717) is 18.6 Å². The number of nitrogens with one attached hydrogen (secondary N) is 2. The molecule has 26 heavy (non-hydrogen) atoms. The van der Waals surface area contributed by atoms with Gasteiger partial charge in [-0.3, -0.25) is 4.79 Å². The Morgan fingerprint density at radius 1 is 1.15 bits per heavy atom. The van der Waals surface area contributed by atoms with Crippen molar-refractivity contribution in [3.8, 4) is 0 Å². The van der Waals surface area contributed by atoms with E-state index in [2.05, 4.69) is 27.4 Å². The number of ether oxygens (including phenoxy) is 1. The first kappa shape index (κ1) is 16.4. The van der Waals surface area contributed by atoms with Crippen LogP contribution in [-0.2, 0) is 16.0 Å². The zero-order valence-corrected chi connectivity index (χ0v) is 14.4. The van der Waals surface area contributed by atoms with Gasteiger partial charge in [0.05, 0.1) is 35.5 Å². The summed E-state index contributed by atoms with van der Waals surface area (Å²) in [6, 6.07) is 17.8. The van der Waals surface area contributed by atoms with Crippen molar-refractivity contribution in [2.45, 2.75) is 25.3 Å². The SMILES string of the molecule is O=C(N[C@H](Cc1ccccc1)c1nc2ccccc2[nH]1)C1=COCCC1. The third-order valence-electron chi connectivity index (χ3n) is 4.55. The Bertz CT molecular complexity index is 898. The lowest BCUT2D eigenvalue weighted by molar-refractivity contribution is -0.118. The van der Waals surface area contributed by atoms with E-state index in [1.165, 1.54) is 0 Å². The fourth-order valence-electron chi connectivity index (χ4n) is 3.19. The molecule has 132 valence electrons. The lowest BCUT2D eigenvalue weighted by atomic mass is 10.0. The smallest absolute Gasteiger partial charge is 0.250 e. The van der Waals surface area contributed by atoms with E-state index < -0.39 is 0 Å². The van der Waals surface area contributed by atoms with Crippen LogP contribution in [0.1, 0.15) is 30.3 Å². The van der Waals surface area contributed by atoms with Crippen LogP contribution in [0, 0.1) is 0 Å². The van der Waals surface area contributed by atoms with E-state index in [4.69, 9.17) is 4.74 Å². The number of para-hydroxylation sites is 2. The van der Waals surface area contributed by atoms with Gasteiger partial charge in [-0.15, -0.1) is 0 Å². The molecule has 0 spiro atoms. The minimum Gasteiger partial charge on any atom is -0.501 e. The van der Waals surface area contributed by atoms with Crippen LogP contribution in [0.15, 0.2) is 66.4 Å². The molecule has 0 bridgehead atoms. The highest BCUT2D eigenvalue weighted by Crippen LogP contribution is 2.21. The zero-order chi connectivity index (χ0) is 17.8. The van der Waals surface area contributed by atoms with Crippen LogP contribution in [0.3, 0.4) is 0 Å². The molecular formula is C21H21N3O2. The lowest BCUT2D eigenvalue weighted by Gasteiger charge is -2.19. The average molecular weight is 347 g/mol. The van der Waals surface area contributed by atoms with Gasteiger partial charge >= 0.3 is 0 Å². The van der Waals surface area contributed by atoms with Gasteiger partial charge in [-0.1, -0.05) is 42.5 Å². The van der Waals surface area contributed by atoms with E-state index in [9.17, 15) is 4.79 Å². The number of aromatic nitrogens is 2. The van der Waals surface area contributed by atoms with Crippen LogP contribution in [0.25, 0.3) is 11.0 Å². The molecule has 0 fully saturated rings. The van der Waals surface area contributed by atoms with Crippen LogP contribution in [0.2, 0.25) is 0 Å². The fraction of sp³-hybridized carbons (Fsp3) is 0.238. The molecule has 2 aromatic carbocycles. The van der Waals surface area contributed by atoms with Gasteiger partial charge in [0.15, 0.2) is 0 Å². The summed E-state index contributed by atoms with van der Waals surface area (Å²) >= 11 is 0. The summed E-state index contributed by atoms with van der Waals surface area (Å²) in [6.07, 6.45) is 3.86. The summed E-state index contributed by atoms with van der Waals surface area (Å²) in [4.78, 5) is 20.7. The molecule has 0 unspecified atom stereocenters.